The highest BCUT2D eigenvalue weighted by Crippen LogP contribution is 2.22. The van der Waals surface area contributed by atoms with Crippen LogP contribution in [0.4, 0.5) is 0 Å². The number of hydrogen-bond acceptors (Lipinski definition) is 4. The summed E-state index contributed by atoms with van der Waals surface area (Å²) in [4.78, 5) is 24.8. The molecule has 27 heavy (non-hydrogen) atoms. The van der Waals surface area contributed by atoms with Crippen LogP contribution in [-0.2, 0) is 21.4 Å². The van der Waals surface area contributed by atoms with Crippen LogP contribution in [0.15, 0.2) is 48.5 Å². The Morgan fingerprint density at radius 2 is 1.63 bits per heavy atom. The summed E-state index contributed by atoms with van der Waals surface area (Å²) < 4.78 is 10.2. The molecule has 2 aromatic carbocycles. The van der Waals surface area contributed by atoms with E-state index >= 15 is 0 Å². The number of hydrogen-bond donors (Lipinski definition) is 1. The van der Waals surface area contributed by atoms with Gasteiger partial charge in [0.2, 0.25) is 0 Å². The number of carbonyl (C=O) groups is 2. The highest BCUT2D eigenvalue weighted by molar-refractivity contribution is 5.96. The van der Waals surface area contributed by atoms with E-state index in [0.717, 1.165) is 11.1 Å². The Kier molecular flexibility index (Phi) is 6.61. The molecule has 0 fully saturated rings. The minimum Gasteiger partial charge on any atom is -0.496 e. The number of esters is 1. The Morgan fingerprint density at radius 1 is 1.00 bits per heavy atom. The van der Waals surface area contributed by atoms with Crippen molar-refractivity contribution < 1.29 is 19.1 Å². The molecule has 0 radical (unpaired) electrons. The summed E-state index contributed by atoms with van der Waals surface area (Å²) in [6, 6.07) is 14.0. The fraction of sp³-hybridized carbons (Fsp3) is 0.364. The van der Waals surface area contributed by atoms with Gasteiger partial charge in [0.15, 0.2) is 0 Å². The van der Waals surface area contributed by atoms with Crippen molar-refractivity contribution in [3.05, 3.63) is 65.2 Å². The standard InChI is InChI=1S/C22H27NO4/c1-22(2,3)17-12-10-15(11-13-17)20(24)23-18(21(25)27-5)14-16-8-6-7-9-19(16)26-4/h6-13,18H,14H2,1-5H3,(H,23,24)/t18-/m1/s1. The van der Waals surface area contributed by atoms with Gasteiger partial charge in [-0.25, -0.2) is 4.79 Å². The van der Waals surface area contributed by atoms with E-state index in [1.54, 1.807) is 19.2 Å². The fourth-order valence-corrected chi connectivity index (χ4v) is 2.79. The monoisotopic (exact) mass is 369 g/mol. The predicted octanol–water partition coefficient (Wildman–Crippen LogP) is 3.51. The molecular weight excluding hydrogens is 342 g/mol. The van der Waals surface area contributed by atoms with Crippen LogP contribution in [0.5, 0.6) is 5.75 Å². The van der Waals surface area contributed by atoms with Crippen LogP contribution in [0.1, 0.15) is 42.3 Å². The van der Waals surface area contributed by atoms with E-state index in [0.29, 0.717) is 11.3 Å². The highest BCUT2D eigenvalue weighted by Gasteiger charge is 2.24. The maximum Gasteiger partial charge on any atom is 0.328 e. The molecular formula is C22H27NO4. The van der Waals surface area contributed by atoms with Gasteiger partial charge >= 0.3 is 5.97 Å². The molecule has 1 N–H and O–H groups in total. The van der Waals surface area contributed by atoms with Gasteiger partial charge in [-0.15, -0.1) is 0 Å². The van der Waals surface area contributed by atoms with Crippen LogP contribution in [0, 0.1) is 0 Å². The van der Waals surface area contributed by atoms with E-state index in [1.165, 1.54) is 7.11 Å². The molecule has 0 unspecified atom stereocenters. The Hall–Kier alpha value is -2.82. The van der Waals surface area contributed by atoms with Gasteiger partial charge < -0.3 is 14.8 Å². The minimum absolute atomic E-state index is 0.00736. The zero-order valence-electron chi connectivity index (χ0n) is 16.5. The first-order chi connectivity index (χ1) is 12.8. The maximum absolute atomic E-state index is 12.6. The third-order valence-corrected chi connectivity index (χ3v) is 4.42. The van der Waals surface area contributed by atoms with Gasteiger partial charge in [0.1, 0.15) is 11.8 Å². The van der Waals surface area contributed by atoms with E-state index in [1.807, 2.05) is 36.4 Å². The van der Waals surface area contributed by atoms with Crippen LogP contribution in [0.3, 0.4) is 0 Å². The van der Waals surface area contributed by atoms with Crippen LogP contribution >= 0.6 is 0 Å². The lowest BCUT2D eigenvalue weighted by Crippen LogP contribution is -2.43. The molecule has 0 aliphatic carbocycles. The molecule has 0 aliphatic heterocycles. The van der Waals surface area contributed by atoms with E-state index in [2.05, 4.69) is 26.1 Å². The lowest BCUT2D eigenvalue weighted by molar-refractivity contribution is -0.142. The van der Waals surface area contributed by atoms with Gasteiger partial charge in [-0.05, 0) is 34.7 Å². The quantitative estimate of drug-likeness (QED) is 0.792. The SMILES string of the molecule is COC(=O)[C@@H](Cc1ccccc1OC)NC(=O)c1ccc(C(C)(C)C)cc1. The number of methoxy groups -OCH3 is 2. The van der Waals surface area contributed by atoms with Crippen molar-refractivity contribution in [2.45, 2.75) is 38.6 Å². The van der Waals surface area contributed by atoms with Gasteiger partial charge in [0.05, 0.1) is 14.2 Å². The number of amides is 1. The van der Waals surface area contributed by atoms with Crippen molar-refractivity contribution in [2.24, 2.45) is 0 Å². The van der Waals surface area contributed by atoms with Gasteiger partial charge in [-0.2, -0.15) is 0 Å². The first-order valence-electron chi connectivity index (χ1n) is 8.87. The first-order valence-corrected chi connectivity index (χ1v) is 8.87. The molecule has 5 heteroatoms. The minimum atomic E-state index is -0.805. The average molecular weight is 369 g/mol. The Labute approximate surface area is 160 Å². The summed E-state index contributed by atoms with van der Waals surface area (Å²) in [6.07, 6.45) is 0.280. The second kappa shape index (κ2) is 8.71. The van der Waals surface area contributed by atoms with Crippen molar-refractivity contribution in [1.82, 2.24) is 5.32 Å². The van der Waals surface area contributed by atoms with Crippen molar-refractivity contribution in [2.75, 3.05) is 14.2 Å². The van der Waals surface area contributed by atoms with Crippen LogP contribution in [0.25, 0.3) is 0 Å². The average Bonchev–Trinajstić information content (AvgIpc) is 2.66. The summed E-state index contributed by atoms with van der Waals surface area (Å²) in [5.74, 6) is -0.156. The maximum atomic E-state index is 12.6. The lowest BCUT2D eigenvalue weighted by Gasteiger charge is -2.20. The Balaban J connectivity index is 2.18. The van der Waals surface area contributed by atoms with E-state index < -0.39 is 12.0 Å². The zero-order chi connectivity index (χ0) is 20.0. The van der Waals surface area contributed by atoms with Crippen LogP contribution in [-0.4, -0.2) is 32.1 Å². The summed E-state index contributed by atoms with van der Waals surface area (Å²) in [6.45, 7) is 6.34. The normalized spacial score (nSPS) is 12.2. The highest BCUT2D eigenvalue weighted by atomic mass is 16.5. The molecule has 0 aromatic heterocycles. The first kappa shape index (κ1) is 20.5. The number of carbonyl (C=O) groups excluding carboxylic acids is 2. The fourth-order valence-electron chi connectivity index (χ4n) is 2.79. The predicted molar refractivity (Wildman–Crippen MR) is 105 cm³/mol. The molecule has 0 spiro atoms. The molecule has 0 saturated heterocycles. The number of ether oxygens (including phenoxy) is 2. The smallest absolute Gasteiger partial charge is 0.328 e. The second-order valence-corrected chi connectivity index (χ2v) is 7.39. The van der Waals surface area contributed by atoms with Crippen molar-refractivity contribution in [3.63, 3.8) is 0 Å². The number of benzene rings is 2. The molecule has 2 aromatic rings. The molecule has 1 amide bonds. The molecule has 1 atom stereocenters. The number of para-hydroxylation sites is 1. The molecule has 0 heterocycles. The van der Waals surface area contributed by atoms with Crippen molar-refractivity contribution in [3.8, 4) is 5.75 Å². The largest absolute Gasteiger partial charge is 0.496 e. The second-order valence-electron chi connectivity index (χ2n) is 7.39. The van der Waals surface area contributed by atoms with Crippen molar-refractivity contribution >= 4 is 11.9 Å². The van der Waals surface area contributed by atoms with Crippen LogP contribution < -0.4 is 10.1 Å². The number of rotatable bonds is 6. The topological polar surface area (TPSA) is 64.6 Å². The number of nitrogens with one attached hydrogen (secondary N) is 1. The Morgan fingerprint density at radius 3 is 2.19 bits per heavy atom. The molecule has 0 saturated carbocycles. The van der Waals surface area contributed by atoms with Gasteiger partial charge in [-0.1, -0.05) is 51.1 Å². The van der Waals surface area contributed by atoms with Gasteiger partial charge in [0, 0.05) is 12.0 Å². The van der Waals surface area contributed by atoms with E-state index in [-0.39, 0.29) is 17.7 Å². The van der Waals surface area contributed by atoms with Crippen LogP contribution in [0.2, 0.25) is 0 Å². The van der Waals surface area contributed by atoms with Gasteiger partial charge in [0.25, 0.3) is 5.91 Å². The zero-order valence-corrected chi connectivity index (χ0v) is 16.5. The molecule has 0 aliphatic rings. The van der Waals surface area contributed by atoms with Crippen molar-refractivity contribution in [1.29, 1.82) is 0 Å². The third kappa shape index (κ3) is 5.33. The lowest BCUT2D eigenvalue weighted by atomic mass is 9.86. The molecule has 5 nitrogen and oxygen atoms in total. The summed E-state index contributed by atoms with van der Waals surface area (Å²) >= 11 is 0. The molecule has 2 rings (SSSR count). The van der Waals surface area contributed by atoms with Gasteiger partial charge in [-0.3, -0.25) is 4.79 Å². The van der Waals surface area contributed by atoms with E-state index in [9.17, 15) is 9.59 Å². The summed E-state index contributed by atoms with van der Waals surface area (Å²) in [7, 11) is 2.88. The summed E-state index contributed by atoms with van der Waals surface area (Å²) in [5, 5.41) is 2.77. The third-order valence-electron chi connectivity index (χ3n) is 4.42. The summed E-state index contributed by atoms with van der Waals surface area (Å²) in [5.41, 5.74) is 2.46. The Bertz CT molecular complexity index is 791. The van der Waals surface area contributed by atoms with E-state index in [4.69, 9.17) is 9.47 Å². The molecule has 0 bridgehead atoms. The molecule has 144 valence electrons.